The second-order valence-corrected chi connectivity index (χ2v) is 0. The number of halogens is 4. The van der Waals surface area contributed by atoms with E-state index >= 15 is 0 Å². The molecule has 5 heteroatoms. The fourth-order valence-electron chi connectivity index (χ4n) is 0. The van der Waals surface area contributed by atoms with Gasteiger partial charge in [-0.1, -0.05) is 0 Å². The topological polar surface area (TPSA) is 0 Å². The summed E-state index contributed by atoms with van der Waals surface area (Å²) in [5.41, 5.74) is 0. The fourth-order valence-corrected chi connectivity index (χ4v) is 0. The van der Waals surface area contributed by atoms with Gasteiger partial charge in [-0.15, -0.1) is 0 Å². The van der Waals surface area contributed by atoms with Gasteiger partial charge in [0.25, 0.3) is 0 Å². The van der Waals surface area contributed by atoms with Gasteiger partial charge in [0.1, 0.15) is 0 Å². The summed E-state index contributed by atoms with van der Waals surface area (Å²) in [7, 11) is 0. The predicted octanol–water partition coefficient (Wildman–Crippen LogP) is 0.607. The molecular weight excluding hydrogens is 266 g/mol. The molecule has 0 amide bonds. The fraction of sp³-hybridized carbons (Fsp3) is 0. The van der Waals surface area contributed by atoms with Crippen LogP contribution in [0.1, 0.15) is 0 Å². The third kappa shape index (κ3) is 190. The predicted molar refractivity (Wildman–Crippen MR) is 10.0 cm³/mol. The van der Waals surface area contributed by atoms with Gasteiger partial charge in [-0.05, 0) is 0 Å². The van der Waals surface area contributed by atoms with Crippen LogP contribution in [0.15, 0.2) is 0 Å². The van der Waals surface area contributed by atoms with E-state index < -0.39 is 0 Å². The van der Waals surface area contributed by atoms with Crippen molar-refractivity contribution in [3.63, 3.8) is 0 Å². The van der Waals surface area contributed by atoms with Crippen LogP contribution in [0.2, 0.25) is 0 Å². The van der Waals surface area contributed by atoms with Gasteiger partial charge in [0.2, 0.25) is 0 Å². The zero-order valence-electron chi connectivity index (χ0n) is 1.99. The molecule has 0 unspecified atom stereocenters. The molecule has 5 heavy (non-hydrogen) atoms. The van der Waals surface area contributed by atoms with Gasteiger partial charge in [-0.2, -0.15) is 0 Å². The van der Waals surface area contributed by atoms with E-state index in [1.165, 1.54) is 0 Å². The zero-order chi connectivity index (χ0) is 0. The molecule has 0 atom stereocenters. The van der Waals surface area contributed by atoms with E-state index in [0.29, 0.717) is 0 Å². The maximum Gasteiger partial charge on any atom is 0 e. The minimum absolute atomic E-state index is 0. The molecule has 0 saturated carbocycles. The normalized spacial score (nSPS) is 0. The van der Waals surface area contributed by atoms with Crippen LogP contribution in [0.4, 0.5) is 18.8 Å². The van der Waals surface area contributed by atoms with E-state index in [1.807, 2.05) is 0 Å². The molecule has 0 aliphatic carbocycles. The third-order valence-electron chi connectivity index (χ3n) is 0. The summed E-state index contributed by atoms with van der Waals surface area (Å²) >= 11 is 0. The van der Waals surface area contributed by atoms with Crippen molar-refractivity contribution < 1.29 is 38.6 Å². The molecular formula is H4F4Os. The van der Waals surface area contributed by atoms with Crippen LogP contribution in [0.3, 0.4) is 0 Å². The first kappa shape index (κ1) is 800. The van der Waals surface area contributed by atoms with Crippen LogP contribution in [0.25, 0.3) is 0 Å². The Morgan fingerprint density at radius 2 is 0.400 bits per heavy atom. The maximum atomic E-state index is 0. The average Bonchev–Trinajstić information content (AvgIpc) is 0. The van der Waals surface area contributed by atoms with E-state index in [9.17, 15) is 0 Å². The number of hydrogen-bond donors (Lipinski definition) is 0. The van der Waals surface area contributed by atoms with Crippen LogP contribution in [0.5, 0.6) is 0 Å². The maximum absolute atomic E-state index is 0. The quantitative estimate of drug-likeness (QED) is 0.566. The summed E-state index contributed by atoms with van der Waals surface area (Å²) in [5.74, 6) is 0. The van der Waals surface area contributed by atoms with Crippen molar-refractivity contribution in [2.24, 2.45) is 0 Å². The molecule has 0 aromatic rings. The molecule has 0 aromatic carbocycles. The second-order valence-electron chi connectivity index (χ2n) is 0. The molecule has 0 bridgehead atoms. The molecule has 0 radical (unpaired) electrons. The van der Waals surface area contributed by atoms with Crippen molar-refractivity contribution in [1.29, 1.82) is 0 Å². The van der Waals surface area contributed by atoms with Crippen LogP contribution >= 0.6 is 0 Å². The van der Waals surface area contributed by atoms with E-state index in [1.54, 1.807) is 0 Å². The number of rotatable bonds is 0. The van der Waals surface area contributed by atoms with Crippen LogP contribution in [0, 0.1) is 0 Å². The molecule has 0 nitrogen and oxygen atoms in total. The summed E-state index contributed by atoms with van der Waals surface area (Å²) in [5, 5.41) is 0. The minimum Gasteiger partial charge on any atom is -0.269 e. The molecule has 0 aliphatic heterocycles. The molecule has 0 heterocycles. The Morgan fingerprint density at radius 1 is 0.400 bits per heavy atom. The minimum atomic E-state index is 0. The Labute approximate surface area is 39.5 Å². The van der Waals surface area contributed by atoms with Gasteiger partial charge >= 0.3 is 0 Å². The van der Waals surface area contributed by atoms with Crippen LogP contribution in [-0.2, 0) is 19.8 Å². The molecule has 0 saturated heterocycles. The van der Waals surface area contributed by atoms with E-state index in [-0.39, 0.29) is 38.6 Å². The van der Waals surface area contributed by atoms with E-state index in [4.69, 9.17) is 0 Å². The molecule has 0 fully saturated rings. The summed E-state index contributed by atoms with van der Waals surface area (Å²) in [6.07, 6.45) is 0. The summed E-state index contributed by atoms with van der Waals surface area (Å²) < 4.78 is 0. The molecule has 0 rings (SSSR count). The van der Waals surface area contributed by atoms with E-state index in [0.717, 1.165) is 0 Å². The van der Waals surface area contributed by atoms with Crippen molar-refractivity contribution in [3.05, 3.63) is 0 Å². The Morgan fingerprint density at radius 3 is 0.400 bits per heavy atom. The first-order valence-electron chi connectivity index (χ1n) is 0. The molecule has 0 aromatic heterocycles. The van der Waals surface area contributed by atoms with E-state index in [2.05, 4.69) is 0 Å². The van der Waals surface area contributed by atoms with Gasteiger partial charge in [0.15, 0.2) is 0 Å². The van der Waals surface area contributed by atoms with Crippen molar-refractivity contribution in [1.82, 2.24) is 0 Å². The molecule has 0 N–H and O–H groups in total. The number of hydrogen-bond acceptors (Lipinski definition) is 0. The first-order valence-corrected chi connectivity index (χ1v) is 0. The van der Waals surface area contributed by atoms with Gasteiger partial charge in [0.05, 0.1) is 0 Å². The molecule has 40 valence electrons. The smallest absolute Gasteiger partial charge is 0 e. The zero-order valence-corrected chi connectivity index (χ0v) is 4.53. The second kappa shape index (κ2) is 386. The van der Waals surface area contributed by atoms with Gasteiger partial charge in [0, 0.05) is 19.8 Å². The summed E-state index contributed by atoms with van der Waals surface area (Å²) in [4.78, 5) is 0. The largest absolute Gasteiger partial charge is 0.269 e. The Hall–Kier alpha value is 0.356. The van der Waals surface area contributed by atoms with Crippen LogP contribution < -0.4 is 0 Å². The molecule has 0 aliphatic rings. The SMILES string of the molecule is F.F.F.F.[Os]. The average molecular weight is 270 g/mol. The van der Waals surface area contributed by atoms with Crippen molar-refractivity contribution in [3.8, 4) is 0 Å². The van der Waals surface area contributed by atoms with Crippen molar-refractivity contribution >= 4 is 0 Å². The van der Waals surface area contributed by atoms with Crippen LogP contribution in [-0.4, -0.2) is 0 Å². The van der Waals surface area contributed by atoms with Gasteiger partial charge in [-0.3, -0.25) is 18.8 Å². The molecule has 0 spiro atoms. The monoisotopic (exact) mass is 272 g/mol. The Kier molecular flexibility index (Phi) is 61900. The van der Waals surface area contributed by atoms with Gasteiger partial charge < -0.3 is 0 Å². The Balaban J connectivity index is 0. The standard InChI is InChI=1S/4FH.Os/h4*1H;. The van der Waals surface area contributed by atoms with Crippen molar-refractivity contribution in [2.45, 2.75) is 0 Å². The summed E-state index contributed by atoms with van der Waals surface area (Å²) in [6.45, 7) is 0. The summed E-state index contributed by atoms with van der Waals surface area (Å²) in [6, 6.07) is 0. The first-order chi connectivity index (χ1) is 0. The van der Waals surface area contributed by atoms with Crippen molar-refractivity contribution in [2.75, 3.05) is 0 Å². The van der Waals surface area contributed by atoms with Gasteiger partial charge in [-0.25, -0.2) is 0 Å². The third-order valence-corrected chi connectivity index (χ3v) is 0. The Bertz CT molecular complexity index is 3.61.